The molecule has 1 aromatic rings. The Kier molecular flexibility index (Phi) is 6.60. The van der Waals surface area contributed by atoms with Crippen LogP contribution in [0.2, 0.25) is 0 Å². The molecule has 0 aromatic heterocycles. The maximum absolute atomic E-state index is 12.2. The summed E-state index contributed by atoms with van der Waals surface area (Å²) in [6.07, 6.45) is 0.320. The lowest BCUT2D eigenvalue weighted by atomic mass is 10.0. The van der Waals surface area contributed by atoms with Crippen molar-refractivity contribution < 1.29 is 14.3 Å². The number of rotatable bonds is 6. The number of hydrogen-bond acceptors (Lipinski definition) is 3. The second-order valence-electron chi connectivity index (χ2n) is 6.33. The number of anilines is 1. The van der Waals surface area contributed by atoms with Gasteiger partial charge in [-0.15, -0.1) is 0 Å². The zero-order valence-electron chi connectivity index (χ0n) is 14.4. The molecule has 0 spiro atoms. The number of carbonyl (C=O) groups excluding carboxylic acids is 2. The van der Waals surface area contributed by atoms with Crippen molar-refractivity contribution in [2.45, 2.75) is 60.5 Å². The highest BCUT2D eigenvalue weighted by molar-refractivity contribution is 5.96. The van der Waals surface area contributed by atoms with Crippen LogP contribution in [0.15, 0.2) is 12.1 Å². The Morgan fingerprint density at radius 2 is 1.64 bits per heavy atom. The molecule has 0 saturated heterocycles. The van der Waals surface area contributed by atoms with Crippen LogP contribution in [0.25, 0.3) is 0 Å². The summed E-state index contributed by atoms with van der Waals surface area (Å²) in [5.74, 6) is -0.184. The number of esters is 1. The van der Waals surface area contributed by atoms with Crippen LogP contribution >= 0.6 is 0 Å². The van der Waals surface area contributed by atoms with Gasteiger partial charge < -0.3 is 10.1 Å². The third kappa shape index (κ3) is 5.51. The van der Waals surface area contributed by atoms with Crippen molar-refractivity contribution in [2.24, 2.45) is 5.92 Å². The molecule has 1 N–H and O–H groups in total. The number of ether oxygens (including phenoxy) is 1. The van der Waals surface area contributed by atoms with Gasteiger partial charge in [-0.3, -0.25) is 9.59 Å². The van der Waals surface area contributed by atoms with Crippen LogP contribution in [-0.2, 0) is 14.3 Å². The first-order valence-electron chi connectivity index (χ1n) is 7.79. The monoisotopic (exact) mass is 305 g/mol. The summed E-state index contributed by atoms with van der Waals surface area (Å²) in [6, 6.07) is 4.03. The van der Waals surface area contributed by atoms with Crippen molar-refractivity contribution in [1.82, 2.24) is 0 Å². The van der Waals surface area contributed by atoms with Crippen molar-refractivity contribution in [2.75, 3.05) is 5.32 Å². The smallest absolute Gasteiger partial charge is 0.306 e. The van der Waals surface area contributed by atoms with E-state index in [9.17, 15) is 9.59 Å². The molecule has 0 aliphatic carbocycles. The molecule has 1 aromatic carbocycles. The number of amides is 1. The molecule has 0 aliphatic rings. The molecular formula is C18H27NO3. The van der Waals surface area contributed by atoms with Gasteiger partial charge >= 0.3 is 5.97 Å². The van der Waals surface area contributed by atoms with Crippen LogP contribution in [0, 0.1) is 26.7 Å². The number of benzene rings is 1. The summed E-state index contributed by atoms with van der Waals surface area (Å²) in [6.45, 7) is 11.6. The minimum absolute atomic E-state index is 0.298. The molecule has 4 nitrogen and oxygen atoms in total. The molecule has 0 radical (unpaired) electrons. The Labute approximate surface area is 133 Å². The Morgan fingerprint density at radius 3 is 2.14 bits per heavy atom. The maximum atomic E-state index is 12.2. The lowest BCUT2D eigenvalue weighted by molar-refractivity contribution is -0.153. The van der Waals surface area contributed by atoms with Crippen LogP contribution < -0.4 is 5.32 Å². The van der Waals surface area contributed by atoms with Gasteiger partial charge in [0.25, 0.3) is 5.91 Å². The molecule has 22 heavy (non-hydrogen) atoms. The molecule has 0 unspecified atom stereocenters. The third-order valence-electron chi connectivity index (χ3n) is 3.53. The minimum Gasteiger partial charge on any atom is -0.453 e. The maximum Gasteiger partial charge on any atom is 0.306 e. The molecule has 122 valence electrons. The number of hydrogen-bond donors (Lipinski definition) is 1. The fourth-order valence-electron chi connectivity index (χ4n) is 2.32. The van der Waals surface area contributed by atoms with E-state index in [4.69, 9.17) is 4.74 Å². The highest BCUT2D eigenvalue weighted by Crippen LogP contribution is 2.22. The SMILES string of the molecule is Cc1cc(C)c(NC(=O)[C@H](C)OC(=O)CCC(C)C)c(C)c1. The van der Waals surface area contributed by atoms with E-state index in [0.29, 0.717) is 12.3 Å². The summed E-state index contributed by atoms with van der Waals surface area (Å²) in [5.41, 5.74) is 3.95. The minimum atomic E-state index is -0.792. The van der Waals surface area contributed by atoms with Gasteiger partial charge in [-0.2, -0.15) is 0 Å². The summed E-state index contributed by atoms with van der Waals surface area (Å²) in [7, 11) is 0. The van der Waals surface area contributed by atoms with Crippen LogP contribution in [0.5, 0.6) is 0 Å². The van der Waals surface area contributed by atoms with E-state index in [-0.39, 0.29) is 11.9 Å². The van der Waals surface area contributed by atoms with E-state index >= 15 is 0 Å². The molecular weight excluding hydrogens is 278 g/mol. The first-order chi connectivity index (χ1) is 10.2. The van der Waals surface area contributed by atoms with Gasteiger partial charge in [-0.05, 0) is 51.2 Å². The Morgan fingerprint density at radius 1 is 1.09 bits per heavy atom. The Bertz CT molecular complexity index is 526. The van der Waals surface area contributed by atoms with E-state index in [2.05, 4.69) is 5.32 Å². The zero-order chi connectivity index (χ0) is 16.9. The number of nitrogens with one attached hydrogen (secondary N) is 1. The van der Waals surface area contributed by atoms with E-state index in [1.165, 1.54) is 0 Å². The average Bonchev–Trinajstić information content (AvgIpc) is 2.40. The van der Waals surface area contributed by atoms with Crippen molar-refractivity contribution in [3.8, 4) is 0 Å². The number of carbonyl (C=O) groups is 2. The predicted molar refractivity (Wildman–Crippen MR) is 88.9 cm³/mol. The van der Waals surface area contributed by atoms with Crippen molar-refractivity contribution in [1.29, 1.82) is 0 Å². The van der Waals surface area contributed by atoms with E-state index in [1.807, 2.05) is 46.8 Å². The van der Waals surface area contributed by atoms with Gasteiger partial charge in [0.2, 0.25) is 0 Å². The molecule has 1 atom stereocenters. The zero-order valence-corrected chi connectivity index (χ0v) is 14.4. The van der Waals surface area contributed by atoms with E-state index < -0.39 is 6.10 Å². The average molecular weight is 305 g/mol. The quantitative estimate of drug-likeness (QED) is 0.810. The summed E-state index contributed by atoms with van der Waals surface area (Å²) in [5, 5.41) is 2.86. The van der Waals surface area contributed by atoms with Gasteiger partial charge in [-0.25, -0.2) is 0 Å². The van der Waals surface area contributed by atoms with Crippen molar-refractivity contribution >= 4 is 17.6 Å². The van der Waals surface area contributed by atoms with Crippen LogP contribution in [0.3, 0.4) is 0 Å². The van der Waals surface area contributed by atoms with Gasteiger partial charge in [0.15, 0.2) is 6.10 Å². The highest BCUT2D eigenvalue weighted by atomic mass is 16.5. The summed E-state index contributed by atoms with van der Waals surface area (Å²) < 4.78 is 5.19. The van der Waals surface area contributed by atoms with Gasteiger partial charge in [-0.1, -0.05) is 31.5 Å². The largest absolute Gasteiger partial charge is 0.453 e. The van der Waals surface area contributed by atoms with Crippen LogP contribution in [-0.4, -0.2) is 18.0 Å². The second-order valence-corrected chi connectivity index (χ2v) is 6.33. The fourth-order valence-corrected chi connectivity index (χ4v) is 2.32. The first-order valence-corrected chi connectivity index (χ1v) is 7.79. The molecule has 0 fully saturated rings. The molecule has 1 amide bonds. The molecule has 0 aliphatic heterocycles. The van der Waals surface area contributed by atoms with Gasteiger partial charge in [0.1, 0.15) is 0 Å². The fraction of sp³-hybridized carbons (Fsp3) is 0.556. The normalized spacial score (nSPS) is 12.1. The van der Waals surface area contributed by atoms with Crippen molar-refractivity contribution in [3.05, 3.63) is 28.8 Å². The summed E-state index contributed by atoms with van der Waals surface area (Å²) >= 11 is 0. The Hall–Kier alpha value is -1.84. The molecule has 1 rings (SSSR count). The molecule has 4 heteroatoms. The molecule has 0 heterocycles. The molecule has 0 saturated carbocycles. The summed E-state index contributed by atoms with van der Waals surface area (Å²) in [4.78, 5) is 23.9. The molecule has 0 bridgehead atoms. The topological polar surface area (TPSA) is 55.4 Å². The van der Waals surface area contributed by atoms with Gasteiger partial charge in [0.05, 0.1) is 0 Å². The van der Waals surface area contributed by atoms with E-state index in [0.717, 1.165) is 28.8 Å². The van der Waals surface area contributed by atoms with Crippen molar-refractivity contribution in [3.63, 3.8) is 0 Å². The van der Waals surface area contributed by atoms with Crippen LogP contribution in [0.1, 0.15) is 50.3 Å². The van der Waals surface area contributed by atoms with Crippen LogP contribution in [0.4, 0.5) is 5.69 Å². The van der Waals surface area contributed by atoms with Gasteiger partial charge in [0, 0.05) is 12.1 Å². The van der Waals surface area contributed by atoms with E-state index in [1.54, 1.807) is 6.92 Å². The predicted octanol–water partition coefficient (Wildman–Crippen LogP) is 3.92. The standard InChI is InChI=1S/C18H27NO3/c1-11(2)7-8-16(20)22-15(6)18(21)19-17-13(4)9-12(3)10-14(17)5/h9-11,15H,7-8H2,1-6H3,(H,19,21)/t15-/m0/s1. The Balaban J connectivity index is 2.63. The first kappa shape index (κ1) is 18.2. The lowest BCUT2D eigenvalue weighted by Crippen LogP contribution is -2.30. The second kappa shape index (κ2) is 7.97. The highest BCUT2D eigenvalue weighted by Gasteiger charge is 2.19. The lowest BCUT2D eigenvalue weighted by Gasteiger charge is -2.17. The third-order valence-corrected chi connectivity index (χ3v) is 3.53. The number of aryl methyl sites for hydroxylation is 3.